The highest BCUT2D eigenvalue weighted by Crippen LogP contribution is 2.26. The standard InChI is InChI=1S/C11H20/c1-3-10(2)8-9-11-6-4-5-7-11/h8-11H,3-7H2,1-2H3/b9-8+. The van der Waals surface area contributed by atoms with Crippen LogP contribution in [0, 0.1) is 11.8 Å². The Kier molecular flexibility index (Phi) is 3.68. The van der Waals surface area contributed by atoms with Crippen molar-refractivity contribution in [2.75, 3.05) is 0 Å². The minimum absolute atomic E-state index is 0.788. The fourth-order valence-electron chi connectivity index (χ4n) is 1.63. The van der Waals surface area contributed by atoms with Crippen molar-refractivity contribution < 1.29 is 0 Å². The molecule has 0 N–H and O–H groups in total. The second-order valence-electron chi connectivity index (χ2n) is 3.81. The van der Waals surface area contributed by atoms with Gasteiger partial charge in [0.05, 0.1) is 0 Å². The molecular weight excluding hydrogens is 132 g/mol. The summed E-state index contributed by atoms with van der Waals surface area (Å²) in [6.07, 6.45) is 11.9. The Morgan fingerprint density at radius 3 is 2.55 bits per heavy atom. The molecule has 0 radical (unpaired) electrons. The molecule has 0 saturated heterocycles. The van der Waals surface area contributed by atoms with Crippen LogP contribution in [0.2, 0.25) is 0 Å². The largest absolute Gasteiger partial charge is 0.0854 e. The molecule has 1 unspecified atom stereocenters. The van der Waals surface area contributed by atoms with Gasteiger partial charge in [0, 0.05) is 0 Å². The topological polar surface area (TPSA) is 0 Å². The van der Waals surface area contributed by atoms with Gasteiger partial charge in [0.1, 0.15) is 0 Å². The Bertz CT molecular complexity index is 118. The lowest BCUT2D eigenvalue weighted by atomic mass is 10.0. The summed E-state index contributed by atoms with van der Waals surface area (Å²) in [5.41, 5.74) is 0. The van der Waals surface area contributed by atoms with Crippen LogP contribution >= 0.6 is 0 Å². The first-order valence-corrected chi connectivity index (χ1v) is 5.01. The molecule has 0 heterocycles. The summed E-state index contributed by atoms with van der Waals surface area (Å²) >= 11 is 0. The van der Waals surface area contributed by atoms with Gasteiger partial charge in [-0.25, -0.2) is 0 Å². The number of hydrogen-bond acceptors (Lipinski definition) is 0. The summed E-state index contributed by atoms with van der Waals surface area (Å²) in [4.78, 5) is 0. The Hall–Kier alpha value is -0.260. The molecule has 1 saturated carbocycles. The highest BCUT2D eigenvalue weighted by Gasteiger charge is 2.10. The summed E-state index contributed by atoms with van der Waals surface area (Å²) in [7, 11) is 0. The second kappa shape index (κ2) is 4.58. The van der Waals surface area contributed by atoms with E-state index in [1.54, 1.807) is 0 Å². The first kappa shape index (κ1) is 8.83. The molecule has 0 aliphatic heterocycles. The van der Waals surface area contributed by atoms with E-state index in [9.17, 15) is 0 Å². The molecule has 0 bridgehead atoms. The lowest BCUT2D eigenvalue weighted by Crippen LogP contribution is -1.90. The van der Waals surface area contributed by atoms with Gasteiger partial charge in [-0.15, -0.1) is 0 Å². The third kappa shape index (κ3) is 3.09. The highest BCUT2D eigenvalue weighted by atomic mass is 14.2. The zero-order valence-corrected chi connectivity index (χ0v) is 7.84. The molecular formula is C11H20. The van der Waals surface area contributed by atoms with Crippen LogP contribution in [-0.4, -0.2) is 0 Å². The van der Waals surface area contributed by atoms with E-state index < -0.39 is 0 Å². The van der Waals surface area contributed by atoms with Crippen LogP contribution in [0.3, 0.4) is 0 Å². The maximum atomic E-state index is 2.45. The molecule has 0 aromatic heterocycles. The van der Waals surface area contributed by atoms with Crippen LogP contribution < -0.4 is 0 Å². The second-order valence-corrected chi connectivity index (χ2v) is 3.81. The van der Waals surface area contributed by atoms with E-state index in [1.807, 2.05) is 0 Å². The average molecular weight is 152 g/mol. The summed E-state index contributed by atoms with van der Waals surface area (Å²) in [6.45, 7) is 4.55. The van der Waals surface area contributed by atoms with Gasteiger partial charge in [0.25, 0.3) is 0 Å². The molecule has 1 aliphatic rings. The Labute approximate surface area is 70.7 Å². The molecule has 0 aromatic rings. The van der Waals surface area contributed by atoms with Crippen molar-refractivity contribution in [1.82, 2.24) is 0 Å². The van der Waals surface area contributed by atoms with Crippen molar-refractivity contribution in [1.29, 1.82) is 0 Å². The number of rotatable bonds is 3. The molecule has 11 heavy (non-hydrogen) atoms. The van der Waals surface area contributed by atoms with E-state index in [4.69, 9.17) is 0 Å². The minimum Gasteiger partial charge on any atom is -0.0854 e. The first-order valence-electron chi connectivity index (χ1n) is 5.01. The van der Waals surface area contributed by atoms with Gasteiger partial charge in [-0.05, 0) is 24.7 Å². The Morgan fingerprint density at radius 1 is 1.36 bits per heavy atom. The van der Waals surface area contributed by atoms with E-state index in [1.165, 1.54) is 32.1 Å². The molecule has 0 heteroatoms. The Balaban J connectivity index is 2.22. The highest BCUT2D eigenvalue weighted by molar-refractivity contribution is 4.93. The molecule has 1 atom stereocenters. The van der Waals surface area contributed by atoms with Crippen molar-refractivity contribution in [2.45, 2.75) is 46.0 Å². The zero-order valence-electron chi connectivity index (χ0n) is 7.84. The van der Waals surface area contributed by atoms with E-state index in [2.05, 4.69) is 26.0 Å². The van der Waals surface area contributed by atoms with Crippen LogP contribution in [0.4, 0.5) is 0 Å². The third-order valence-corrected chi connectivity index (χ3v) is 2.76. The quantitative estimate of drug-likeness (QED) is 0.540. The van der Waals surface area contributed by atoms with Crippen molar-refractivity contribution in [2.24, 2.45) is 11.8 Å². The van der Waals surface area contributed by atoms with Gasteiger partial charge in [-0.3, -0.25) is 0 Å². The summed E-state index contributed by atoms with van der Waals surface area (Å²) in [5, 5.41) is 0. The predicted molar refractivity (Wildman–Crippen MR) is 50.6 cm³/mol. The molecule has 0 amide bonds. The minimum atomic E-state index is 0.788. The lowest BCUT2D eigenvalue weighted by Gasteiger charge is -2.03. The fraction of sp³-hybridized carbons (Fsp3) is 0.818. The lowest BCUT2D eigenvalue weighted by molar-refractivity contribution is 0.652. The monoisotopic (exact) mass is 152 g/mol. The normalized spacial score (nSPS) is 23.1. The molecule has 1 fully saturated rings. The number of allylic oxidation sites excluding steroid dienone is 2. The smallest absolute Gasteiger partial charge is 0.0233 e. The van der Waals surface area contributed by atoms with Crippen molar-refractivity contribution >= 4 is 0 Å². The van der Waals surface area contributed by atoms with Gasteiger partial charge in [-0.1, -0.05) is 45.3 Å². The van der Waals surface area contributed by atoms with E-state index in [-0.39, 0.29) is 0 Å². The van der Waals surface area contributed by atoms with Gasteiger partial charge >= 0.3 is 0 Å². The van der Waals surface area contributed by atoms with Crippen LogP contribution in [0.25, 0.3) is 0 Å². The van der Waals surface area contributed by atoms with Gasteiger partial charge in [-0.2, -0.15) is 0 Å². The summed E-state index contributed by atoms with van der Waals surface area (Å²) in [6, 6.07) is 0. The molecule has 0 aromatic carbocycles. The zero-order chi connectivity index (χ0) is 8.10. The van der Waals surface area contributed by atoms with Crippen molar-refractivity contribution in [3.05, 3.63) is 12.2 Å². The summed E-state index contributed by atoms with van der Waals surface area (Å²) in [5.74, 6) is 1.71. The van der Waals surface area contributed by atoms with Crippen LogP contribution in [0.15, 0.2) is 12.2 Å². The van der Waals surface area contributed by atoms with Crippen molar-refractivity contribution in [3.8, 4) is 0 Å². The van der Waals surface area contributed by atoms with Gasteiger partial charge in [0.2, 0.25) is 0 Å². The van der Waals surface area contributed by atoms with Crippen LogP contribution in [0.5, 0.6) is 0 Å². The molecule has 64 valence electrons. The predicted octanol–water partition coefficient (Wildman–Crippen LogP) is 3.78. The van der Waals surface area contributed by atoms with Crippen LogP contribution in [0.1, 0.15) is 46.0 Å². The van der Waals surface area contributed by atoms with Gasteiger partial charge in [0.15, 0.2) is 0 Å². The average Bonchev–Trinajstić information content (AvgIpc) is 2.52. The molecule has 0 nitrogen and oxygen atoms in total. The third-order valence-electron chi connectivity index (χ3n) is 2.76. The van der Waals surface area contributed by atoms with Gasteiger partial charge < -0.3 is 0 Å². The molecule has 1 aliphatic carbocycles. The number of hydrogen-bond donors (Lipinski definition) is 0. The fourth-order valence-corrected chi connectivity index (χ4v) is 1.63. The first-order chi connectivity index (χ1) is 5.33. The van der Waals surface area contributed by atoms with Crippen molar-refractivity contribution in [3.63, 3.8) is 0 Å². The van der Waals surface area contributed by atoms with E-state index in [0.717, 1.165) is 11.8 Å². The molecule has 1 rings (SSSR count). The van der Waals surface area contributed by atoms with E-state index in [0.29, 0.717) is 0 Å². The molecule has 0 spiro atoms. The Morgan fingerprint density at radius 2 is 2.00 bits per heavy atom. The SMILES string of the molecule is CCC(C)/C=C/C1CCCC1. The van der Waals surface area contributed by atoms with E-state index >= 15 is 0 Å². The maximum absolute atomic E-state index is 2.45. The summed E-state index contributed by atoms with van der Waals surface area (Å²) < 4.78 is 0. The van der Waals surface area contributed by atoms with Crippen LogP contribution in [-0.2, 0) is 0 Å². The maximum Gasteiger partial charge on any atom is -0.0233 e.